The lowest BCUT2D eigenvalue weighted by atomic mass is 9.80. The Bertz CT molecular complexity index is 2990. The first-order chi connectivity index (χ1) is 37.9. The number of hydrogen-bond acceptors (Lipinski definition) is 14. The predicted octanol–water partition coefficient (Wildman–Crippen LogP) is 11.0. The van der Waals surface area contributed by atoms with Crippen LogP contribution in [0.4, 0.5) is 15.0 Å². The number of carbonyl (C=O) groups is 3. The molecule has 5 atom stereocenters. The zero-order chi connectivity index (χ0) is 56.4. The highest BCUT2D eigenvalue weighted by Gasteiger charge is 2.51. The zero-order valence-corrected chi connectivity index (χ0v) is 47.6. The Labute approximate surface area is 466 Å². The van der Waals surface area contributed by atoms with Crippen LogP contribution in [-0.4, -0.2) is 108 Å². The van der Waals surface area contributed by atoms with E-state index in [1.54, 1.807) is 28.1 Å². The van der Waals surface area contributed by atoms with Crippen molar-refractivity contribution < 1.29 is 51.5 Å². The molecular weight excluding hydrogens is 1050 g/mol. The summed E-state index contributed by atoms with van der Waals surface area (Å²) in [5, 5.41) is 5.11. The summed E-state index contributed by atoms with van der Waals surface area (Å²) in [6, 6.07) is 41.9. The minimum atomic E-state index is -2.09. The molecule has 16 nitrogen and oxygen atoms in total. The highest BCUT2D eigenvalue weighted by Crippen LogP contribution is 2.52. The van der Waals surface area contributed by atoms with Crippen molar-refractivity contribution in [2.45, 2.75) is 96.7 Å². The van der Waals surface area contributed by atoms with Gasteiger partial charge in [-0.25, -0.2) is 18.6 Å². The third-order valence-electron chi connectivity index (χ3n) is 13.9. The molecule has 1 aliphatic heterocycles. The average Bonchev–Trinajstić information content (AvgIpc) is 4.18. The summed E-state index contributed by atoms with van der Waals surface area (Å²) in [5.74, 6) is 0.914. The molecular formula is C60H69FN5O11PS. The molecule has 0 bridgehead atoms. The molecule has 79 heavy (non-hydrogen) atoms. The Morgan fingerprint density at radius 1 is 0.785 bits per heavy atom. The molecule has 2 amide bonds. The van der Waals surface area contributed by atoms with Crippen LogP contribution in [0.3, 0.4) is 0 Å². The first-order valence-electron chi connectivity index (χ1n) is 26.2. The van der Waals surface area contributed by atoms with E-state index in [4.69, 9.17) is 32.7 Å². The summed E-state index contributed by atoms with van der Waals surface area (Å²) in [4.78, 5) is 56.4. The summed E-state index contributed by atoms with van der Waals surface area (Å²) in [6.45, 7) is 12.7. The number of thioether (sulfide) groups is 1. The van der Waals surface area contributed by atoms with Crippen LogP contribution in [0, 0.1) is 5.41 Å². The zero-order valence-electron chi connectivity index (χ0n) is 45.9. The first-order valence-corrected chi connectivity index (χ1v) is 28.4. The standard InChI is InChI=1S/C60H69FN5O11PS/c1-38(2)66(39(3)4)78(75-33-34-79-56(68)59(6,7)37-62-58(70)73-35-50-48-21-15-13-19-46(48)47-20-14-16-22-49(47)50)77-54-51(76-55(53(54)61)65-32-31-52(63-40(5)67)64-57(65)69)36-74-60(41-17-11-10-12-18-41,42-23-27-44(71-8)28-24-42)43-25-29-45(72-9)30-26-43/h10-32,38-39,50-51,53-55H,33-37H2,1-9H3,(H,62,70)(H,63,64,67,69). The van der Waals surface area contributed by atoms with Crippen LogP contribution >= 0.6 is 20.3 Å². The molecule has 1 aromatic heterocycles. The van der Waals surface area contributed by atoms with E-state index >= 15 is 4.39 Å². The highest BCUT2D eigenvalue weighted by molar-refractivity contribution is 8.13. The van der Waals surface area contributed by atoms with E-state index in [-0.39, 0.29) is 61.1 Å². The van der Waals surface area contributed by atoms with Crippen molar-refractivity contribution in [3.8, 4) is 22.6 Å². The van der Waals surface area contributed by atoms with Crippen molar-refractivity contribution >= 4 is 43.2 Å². The fraction of sp³-hybridized carbons (Fsp3) is 0.383. The topological polar surface area (TPSA) is 178 Å². The molecule has 418 valence electrons. The molecule has 5 unspecified atom stereocenters. The van der Waals surface area contributed by atoms with E-state index < -0.39 is 61.8 Å². The quantitative estimate of drug-likeness (QED) is 0.0332. The number of halogens is 1. The lowest BCUT2D eigenvalue weighted by Crippen LogP contribution is -2.41. The number of benzene rings is 5. The second kappa shape index (κ2) is 26.2. The molecule has 2 heterocycles. The maximum absolute atomic E-state index is 17.7. The minimum Gasteiger partial charge on any atom is -0.497 e. The maximum Gasteiger partial charge on any atom is 0.407 e. The molecule has 0 radical (unpaired) electrons. The monoisotopic (exact) mass is 1120 g/mol. The highest BCUT2D eigenvalue weighted by atomic mass is 32.2. The molecule has 2 aliphatic rings. The third-order valence-corrected chi connectivity index (χ3v) is 17.2. The van der Waals surface area contributed by atoms with Gasteiger partial charge in [-0.15, -0.1) is 0 Å². The summed E-state index contributed by atoms with van der Waals surface area (Å²) in [7, 11) is 1.08. The number of anilines is 1. The number of methoxy groups -OCH3 is 2. The molecule has 6 aromatic rings. The molecule has 5 aromatic carbocycles. The van der Waals surface area contributed by atoms with Crippen LogP contribution in [0.2, 0.25) is 0 Å². The van der Waals surface area contributed by atoms with Gasteiger partial charge in [-0.05, 0) is 97.0 Å². The minimum absolute atomic E-state index is 0.00508. The molecule has 8 rings (SSSR count). The van der Waals surface area contributed by atoms with Crippen molar-refractivity contribution in [1.82, 2.24) is 19.5 Å². The number of amides is 2. The van der Waals surface area contributed by atoms with Crippen LogP contribution in [0.25, 0.3) is 11.1 Å². The Morgan fingerprint density at radius 3 is 1.89 bits per heavy atom. The Balaban J connectivity index is 1.01. The number of fused-ring (bicyclic) bond motifs is 3. The Kier molecular flexibility index (Phi) is 19.4. The lowest BCUT2D eigenvalue weighted by molar-refractivity contribution is -0.118. The Hall–Kier alpha value is -6.50. The molecule has 1 saturated heterocycles. The Morgan fingerprint density at radius 2 is 1.34 bits per heavy atom. The number of hydrogen-bond donors (Lipinski definition) is 2. The van der Waals surface area contributed by atoms with E-state index in [0.29, 0.717) is 11.5 Å². The molecule has 19 heteroatoms. The van der Waals surface area contributed by atoms with Crippen LogP contribution in [0.15, 0.2) is 144 Å². The van der Waals surface area contributed by atoms with Gasteiger partial charge in [-0.1, -0.05) is 129 Å². The SMILES string of the molecule is COc1ccc(C(OCC2OC(n3ccc(NC(C)=O)nc3=O)C(F)C2OP(OCCSC(=O)C(C)(C)CNC(=O)OCC2c3ccccc3-c3ccccc32)N(C(C)C)C(C)C)(c2ccccc2)c2ccc(OC)cc2)cc1. The normalized spacial score (nSPS) is 17.6. The second-order valence-corrected chi connectivity index (χ2v) is 22.9. The number of ether oxygens (including phenoxy) is 5. The van der Waals surface area contributed by atoms with Crippen LogP contribution in [0.5, 0.6) is 11.5 Å². The number of nitrogens with zero attached hydrogens (tertiary/aromatic N) is 3. The van der Waals surface area contributed by atoms with Gasteiger partial charge in [0.25, 0.3) is 8.53 Å². The largest absolute Gasteiger partial charge is 0.497 e. The smallest absolute Gasteiger partial charge is 0.407 e. The van der Waals surface area contributed by atoms with E-state index in [1.165, 1.54) is 19.2 Å². The van der Waals surface area contributed by atoms with Crippen LogP contribution in [0.1, 0.15) is 88.4 Å². The van der Waals surface area contributed by atoms with E-state index in [1.807, 2.05) is 135 Å². The summed E-state index contributed by atoms with van der Waals surface area (Å²) in [6.07, 6.45) is -5.39. The van der Waals surface area contributed by atoms with Gasteiger partial charge >= 0.3 is 11.8 Å². The van der Waals surface area contributed by atoms with Crippen LogP contribution < -0.4 is 25.8 Å². The number of rotatable bonds is 24. The van der Waals surface area contributed by atoms with Gasteiger partial charge in [0.05, 0.1) is 32.8 Å². The predicted molar refractivity (Wildman–Crippen MR) is 304 cm³/mol. The van der Waals surface area contributed by atoms with Gasteiger partial charge < -0.3 is 43.4 Å². The van der Waals surface area contributed by atoms with Gasteiger partial charge in [0, 0.05) is 43.4 Å². The number of aromatic nitrogens is 2. The van der Waals surface area contributed by atoms with Crippen LogP contribution in [-0.2, 0) is 38.4 Å². The number of nitrogens with one attached hydrogen (secondary N) is 2. The summed E-state index contributed by atoms with van der Waals surface area (Å²) < 4.78 is 64.9. The van der Waals surface area contributed by atoms with Gasteiger partial charge in [0.2, 0.25) is 5.91 Å². The molecule has 2 N–H and O–H groups in total. The summed E-state index contributed by atoms with van der Waals surface area (Å²) >= 11 is 1.06. The molecule has 1 aliphatic carbocycles. The lowest BCUT2D eigenvalue weighted by Gasteiger charge is -2.39. The number of alkyl carbamates (subject to hydrolysis) is 1. The molecule has 0 saturated carbocycles. The second-order valence-electron chi connectivity index (χ2n) is 20.4. The first kappa shape index (κ1) is 58.6. The maximum atomic E-state index is 17.7. The number of alkyl halides is 1. The van der Waals surface area contributed by atoms with E-state index in [9.17, 15) is 19.2 Å². The fourth-order valence-electron chi connectivity index (χ4n) is 10.0. The van der Waals surface area contributed by atoms with Crippen molar-refractivity contribution in [1.29, 1.82) is 0 Å². The molecule has 0 spiro atoms. The van der Waals surface area contributed by atoms with Crippen molar-refractivity contribution in [3.05, 3.63) is 178 Å². The van der Waals surface area contributed by atoms with Gasteiger partial charge in [0.1, 0.15) is 41.7 Å². The third kappa shape index (κ3) is 13.4. The summed E-state index contributed by atoms with van der Waals surface area (Å²) in [5.41, 5.74) is 3.47. The van der Waals surface area contributed by atoms with E-state index in [0.717, 1.165) is 55.3 Å². The van der Waals surface area contributed by atoms with Gasteiger partial charge in [0.15, 0.2) is 17.5 Å². The average molecular weight is 1120 g/mol. The van der Waals surface area contributed by atoms with Crippen molar-refractivity contribution in [3.63, 3.8) is 0 Å². The van der Waals surface area contributed by atoms with Crippen molar-refractivity contribution in [2.75, 3.05) is 51.7 Å². The van der Waals surface area contributed by atoms with Crippen molar-refractivity contribution in [2.24, 2.45) is 5.41 Å². The van der Waals surface area contributed by atoms with E-state index in [2.05, 4.69) is 39.9 Å². The van der Waals surface area contributed by atoms with Gasteiger partial charge in [-0.3, -0.25) is 14.2 Å². The molecule has 1 fully saturated rings. The number of carbonyl (C=O) groups excluding carboxylic acids is 3. The van der Waals surface area contributed by atoms with Gasteiger partial charge in [-0.2, -0.15) is 4.98 Å². The fourth-order valence-corrected chi connectivity index (χ4v) is 12.7.